The van der Waals surface area contributed by atoms with Crippen molar-refractivity contribution in [3.05, 3.63) is 217 Å². The SMILES string of the molecule is O=C1c2cccc(-n3c4cc(-c5nc(-c6ccccc6)nc(-c6ccccc6)n5)ccc4c4ccc(-c5nc(-c6ccccc6)nc(-c6ccccc6)n5)cc43)c2C(=O)N1c1ccccc1. The molecule has 0 spiro atoms. The van der Waals surface area contributed by atoms with Crippen molar-refractivity contribution in [2.45, 2.75) is 0 Å². The second kappa shape index (κ2) is 15.8. The quantitative estimate of drug-likeness (QED) is 0.139. The van der Waals surface area contributed by atoms with Gasteiger partial charge in [0.2, 0.25) is 0 Å². The van der Waals surface area contributed by atoms with E-state index in [1.165, 1.54) is 4.90 Å². The second-order valence-electron chi connectivity index (χ2n) is 15.9. The first-order valence-electron chi connectivity index (χ1n) is 21.5. The summed E-state index contributed by atoms with van der Waals surface area (Å²) in [5.41, 5.74) is 8.13. The Morgan fingerprint density at radius 3 is 1.08 bits per heavy atom. The van der Waals surface area contributed by atoms with Crippen molar-refractivity contribution in [2.75, 3.05) is 4.90 Å². The monoisotopic (exact) mass is 850 g/mol. The molecule has 10 heteroatoms. The second-order valence-corrected chi connectivity index (χ2v) is 15.9. The Labute approximate surface area is 378 Å². The lowest BCUT2D eigenvalue weighted by atomic mass is 10.1. The first-order valence-corrected chi connectivity index (χ1v) is 21.5. The van der Waals surface area contributed by atoms with Crippen LogP contribution in [-0.2, 0) is 0 Å². The lowest BCUT2D eigenvalue weighted by molar-refractivity contribution is 0.0926. The van der Waals surface area contributed by atoms with Gasteiger partial charge in [0.15, 0.2) is 34.9 Å². The number of hydrogen-bond donors (Lipinski definition) is 0. The normalized spacial score (nSPS) is 12.3. The number of amides is 2. The molecule has 2 amide bonds. The Hall–Kier alpha value is -9.28. The molecule has 0 bridgehead atoms. The Kier molecular flexibility index (Phi) is 9.20. The van der Waals surface area contributed by atoms with Crippen LogP contribution in [0.15, 0.2) is 206 Å². The van der Waals surface area contributed by atoms with Crippen LogP contribution in [0.5, 0.6) is 0 Å². The van der Waals surface area contributed by atoms with Crippen LogP contribution in [0.1, 0.15) is 20.7 Å². The standard InChI is InChI=1S/C56H34N8O2/c65-55-44-27-16-28-45(48(44)56(66)63(55)41-25-14-5-15-26-41)64-46-33-39(53-59-49(35-17-6-1-7-18-35)57-50(60-53)36-19-8-2-9-20-36)29-31-42(46)43-32-30-40(34-47(43)64)54-61-51(37-21-10-3-11-22-37)58-52(62-54)38-23-12-4-13-24-38/h1-34H. The fourth-order valence-electron chi connectivity index (χ4n) is 8.70. The van der Waals surface area contributed by atoms with Gasteiger partial charge in [-0.3, -0.25) is 9.59 Å². The fourth-order valence-corrected chi connectivity index (χ4v) is 8.70. The summed E-state index contributed by atoms with van der Waals surface area (Å²) in [4.78, 5) is 60.2. The molecule has 1 aliphatic heterocycles. The maximum atomic E-state index is 14.7. The molecular formula is C56H34N8O2. The molecule has 4 heterocycles. The molecule has 1 aliphatic rings. The highest BCUT2D eigenvalue weighted by atomic mass is 16.2. The highest BCUT2D eigenvalue weighted by molar-refractivity contribution is 6.35. The van der Waals surface area contributed by atoms with Gasteiger partial charge in [0, 0.05) is 44.2 Å². The molecule has 0 saturated carbocycles. The molecule has 8 aromatic carbocycles. The van der Waals surface area contributed by atoms with E-state index >= 15 is 0 Å². The predicted octanol–water partition coefficient (Wildman–Crippen LogP) is 12.0. The van der Waals surface area contributed by atoms with Gasteiger partial charge in [-0.05, 0) is 36.4 Å². The van der Waals surface area contributed by atoms with Crippen LogP contribution in [-0.4, -0.2) is 46.3 Å². The smallest absolute Gasteiger partial charge is 0.268 e. The molecule has 0 radical (unpaired) electrons. The number of carbonyl (C=O) groups excluding carboxylic acids is 2. The summed E-state index contributed by atoms with van der Waals surface area (Å²) in [6, 6.07) is 66.2. The minimum Gasteiger partial charge on any atom is -0.308 e. The van der Waals surface area contributed by atoms with E-state index < -0.39 is 5.91 Å². The average molecular weight is 851 g/mol. The third kappa shape index (κ3) is 6.60. The van der Waals surface area contributed by atoms with Crippen LogP contribution in [0.25, 0.3) is 95.8 Å². The van der Waals surface area contributed by atoms with Gasteiger partial charge in [0.1, 0.15) is 0 Å². The van der Waals surface area contributed by atoms with E-state index in [-0.39, 0.29) is 5.91 Å². The highest BCUT2D eigenvalue weighted by Crippen LogP contribution is 2.40. The molecule has 11 aromatic rings. The van der Waals surface area contributed by atoms with E-state index in [2.05, 4.69) is 16.7 Å². The third-order valence-electron chi connectivity index (χ3n) is 11.8. The summed E-state index contributed by atoms with van der Waals surface area (Å²) in [7, 11) is 0. The number of para-hydroxylation sites is 1. The van der Waals surface area contributed by atoms with Gasteiger partial charge in [0.05, 0.1) is 33.5 Å². The number of carbonyl (C=O) groups is 2. The zero-order chi connectivity index (χ0) is 44.1. The Morgan fingerprint density at radius 2 is 0.682 bits per heavy atom. The van der Waals surface area contributed by atoms with E-state index in [1.54, 1.807) is 18.2 Å². The summed E-state index contributed by atoms with van der Waals surface area (Å²) in [5, 5.41) is 1.83. The maximum absolute atomic E-state index is 14.7. The van der Waals surface area contributed by atoms with Crippen LogP contribution in [0, 0.1) is 0 Å². The van der Waals surface area contributed by atoms with Crippen LogP contribution in [0.2, 0.25) is 0 Å². The molecule has 0 atom stereocenters. The summed E-state index contributed by atoms with van der Waals surface area (Å²) in [6.07, 6.45) is 0. The minimum atomic E-state index is -0.408. The van der Waals surface area contributed by atoms with Crippen molar-refractivity contribution in [1.82, 2.24) is 34.5 Å². The van der Waals surface area contributed by atoms with E-state index in [1.807, 2.05) is 176 Å². The van der Waals surface area contributed by atoms with Crippen molar-refractivity contribution in [1.29, 1.82) is 0 Å². The Balaban J connectivity index is 1.11. The zero-order valence-electron chi connectivity index (χ0n) is 35.0. The number of benzene rings is 8. The molecular weight excluding hydrogens is 817 g/mol. The van der Waals surface area contributed by atoms with Gasteiger partial charge in [-0.2, -0.15) is 0 Å². The molecule has 310 valence electrons. The largest absolute Gasteiger partial charge is 0.308 e. The van der Waals surface area contributed by atoms with Gasteiger partial charge in [-0.1, -0.05) is 170 Å². The third-order valence-corrected chi connectivity index (χ3v) is 11.8. The zero-order valence-corrected chi connectivity index (χ0v) is 35.0. The van der Waals surface area contributed by atoms with Crippen LogP contribution in [0.3, 0.4) is 0 Å². The average Bonchev–Trinajstić information content (AvgIpc) is 3.86. The number of anilines is 1. The van der Waals surface area contributed by atoms with Crippen molar-refractivity contribution in [3.8, 4) is 74.0 Å². The molecule has 10 nitrogen and oxygen atoms in total. The number of fused-ring (bicyclic) bond motifs is 4. The van der Waals surface area contributed by atoms with E-state index in [0.717, 1.165) is 55.2 Å². The molecule has 12 rings (SSSR count). The lowest BCUT2D eigenvalue weighted by Gasteiger charge is -2.15. The molecule has 0 aliphatic carbocycles. The summed E-state index contributed by atoms with van der Waals surface area (Å²) < 4.78 is 2.06. The summed E-state index contributed by atoms with van der Waals surface area (Å²) in [6.45, 7) is 0. The molecule has 3 aromatic heterocycles. The van der Waals surface area contributed by atoms with Crippen LogP contribution in [0.4, 0.5) is 5.69 Å². The van der Waals surface area contributed by atoms with Crippen molar-refractivity contribution < 1.29 is 9.59 Å². The number of imide groups is 1. The fraction of sp³-hybridized carbons (Fsp3) is 0. The summed E-state index contributed by atoms with van der Waals surface area (Å²) >= 11 is 0. The van der Waals surface area contributed by atoms with Crippen LogP contribution >= 0.6 is 0 Å². The number of nitrogens with zero attached hydrogens (tertiary/aromatic N) is 8. The first-order chi connectivity index (χ1) is 32.6. The number of hydrogen-bond acceptors (Lipinski definition) is 8. The van der Waals surface area contributed by atoms with E-state index in [4.69, 9.17) is 29.9 Å². The first kappa shape index (κ1) is 38.4. The van der Waals surface area contributed by atoms with Gasteiger partial charge in [0.25, 0.3) is 11.8 Å². The van der Waals surface area contributed by atoms with Crippen molar-refractivity contribution >= 4 is 39.3 Å². The molecule has 0 fully saturated rings. The number of rotatable bonds is 8. The molecule has 66 heavy (non-hydrogen) atoms. The van der Waals surface area contributed by atoms with Gasteiger partial charge < -0.3 is 4.57 Å². The van der Waals surface area contributed by atoms with Gasteiger partial charge >= 0.3 is 0 Å². The minimum absolute atomic E-state index is 0.303. The van der Waals surface area contributed by atoms with E-state index in [0.29, 0.717) is 57.4 Å². The van der Waals surface area contributed by atoms with E-state index in [9.17, 15) is 9.59 Å². The predicted molar refractivity (Wildman–Crippen MR) is 258 cm³/mol. The van der Waals surface area contributed by atoms with Crippen LogP contribution < -0.4 is 4.90 Å². The topological polar surface area (TPSA) is 120 Å². The van der Waals surface area contributed by atoms with Gasteiger partial charge in [-0.15, -0.1) is 0 Å². The molecule has 0 N–H and O–H groups in total. The van der Waals surface area contributed by atoms with Gasteiger partial charge in [-0.25, -0.2) is 34.8 Å². The highest BCUT2D eigenvalue weighted by Gasteiger charge is 2.39. The maximum Gasteiger partial charge on any atom is 0.268 e. The summed E-state index contributed by atoms with van der Waals surface area (Å²) in [5.74, 6) is 2.33. The molecule has 0 unspecified atom stereocenters. The Morgan fingerprint density at radius 1 is 0.318 bits per heavy atom. The molecule has 0 saturated heterocycles. The van der Waals surface area contributed by atoms with Crippen molar-refractivity contribution in [2.24, 2.45) is 0 Å². The lowest BCUT2D eigenvalue weighted by Crippen LogP contribution is -2.29. The number of aromatic nitrogens is 7. The Bertz CT molecular complexity index is 3380. The van der Waals surface area contributed by atoms with Crippen molar-refractivity contribution in [3.63, 3.8) is 0 Å².